The van der Waals surface area contributed by atoms with Crippen molar-refractivity contribution in [2.45, 2.75) is 20.0 Å². The van der Waals surface area contributed by atoms with E-state index in [0.29, 0.717) is 0 Å². The van der Waals surface area contributed by atoms with E-state index in [0.717, 1.165) is 12.3 Å². The summed E-state index contributed by atoms with van der Waals surface area (Å²) in [6.07, 6.45) is -2.20. The monoisotopic (exact) mass is 397 g/mol. The maximum Gasteiger partial charge on any atom is 0.433 e. The average Bonchev–Trinajstić information content (AvgIpc) is 2.51. The Morgan fingerprint density at radius 1 is 1.40 bits per heavy atom. The molecule has 0 amide bonds. The van der Waals surface area contributed by atoms with E-state index in [9.17, 15) is 22.2 Å². The highest BCUT2D eigenvalue weighted by atomic mass is 32.2. The number of rotatable bonds is 5. The first-order valence-corrected chi connectivity index (χ1v) is 9.42. The van der Waals surface area contributed by atoms with E-state index in [1.807, 2.05) is 0 Å². The molecule has 0 radical (unpaired) electrons. The predicted molar refractivity (Wildman–Crippen MR) is 93.5 cm³/mol. The van der Waals surface area contributed by atoms with Gasteiger partial charge >= 0.3 is 12.1 Å². The second kappa shape index (κ2) is 8.48. The normalized spacial score (nSPS) is 13.5. The molecule has 0 fully saturated rings. The molecular weight excluding hydrogens is 379 g/mol. The number of carbonyl (C=O) groups is 1. The van der Waals surface area contributed by atoms with E-state index in [1.54, 1.807) is 6.92 Å². The minimum absolute atomic E-state index is 0.0419. The van der Waals surface area contributed by atoms with Crippen molar-refractivity contribution in [2.24, 2.45) is 0 Å². The molecule has 0 saturated heterocycles. The fourth-order valence-electron chi connectivity index (χ4n) is 1.65. The van der Waals surface area contributed by atoms with Crippen molar-refractivity contribution >= 4 is 37.9 Å². The average molecular weight is 397 g/mol. The van der Waals surface area contributed by atoms with Crippen LogP contribution in [0.1, 0.15) is 25.1 Å². The Bertz CT molecular complexity index is 755. The van der Waals surface area contributed by atoms with Gasteiger partial charge in [-0.15, -0.1) is 0 Å². The quantitative estimate of drug-likeness (QED) is 0.445. The number of thiocarbonyl (C=S) groups is 1. The number of nitrogens with zero attached hydrogens (tertiary/aromatic N) is 1. The fourth-order valence-corrected chi connectivity index (χ4v) is 3.35. The second-order valence-corrected chi connectivity index (χ2v) is 7.83. The first-order chi connectivity index (χ1) is 11.5. The summed E-state index contributed by atoms with van der Waals surface area (Å²) in [5.74, 6) is -0.526. The first-order valence-electron chi connectivity index (χ1n) is 7.05. The van der Waals surface area contributed by atoms with Crippen molar-refractivity contribution in [3.63, 3.8) is 0 Å². The summed E-state index contributed by atoms with van der Waals surface area (Å²) in [5.41, 5.74) is -0.757. The lowest BCUT2D eigenvalue weighted by Crippen LogP contribution is -2.43. The third-order valence-corrected chi connectivity index (χ3v) is 5.40. The SMILES string of the molecule is CCOC(=O)CNC(=S)NS(C)(=O)=C(C)c1ccc(C(F)(F)F)nc1. The summed E-state index contributed by atoms with van der Waals surface area (Å²) < 4.78 is 57.6. The number of hydrogen-bond donors (Lipinski definition) is 2. The van der Waals surface area contributed by atoms with Crippen LogP contribution >= 0.6 is 12.2 Å². The van der Waals surface area contributed by atoms with E-state index < -0.39 is 27.5 Å². The molecule has 0 aliphatic carbocycles. The van der Waals surface area contributed by atoms with Gasteiger partial charge in [-0.3, -0.25) is 14.5 Å². The lowest BCUT2D eigenvalue weighted by atomic mass is 10.2. The summed E-state index contributed by atoms with van der Waals surface area (Å²) in [5, 5.41) is 2.51. The topological polar surface area (TPSA) is 80.3 Å². The van der Waals surface area contributed by atoms with E-state index in [2.05, 4.69) is 15.0 Å². The Kier molecular flexibility index (Phi) is 7.17. The van der Waals surface area contributed by atoms with Gasteiger partial charge in [-0.2, -0.15) is 13.2 Å². The molecule has 0 spiro atoms. The first kappa shape index (κ1) is 21.2. The van der Waals surface area contributed by atoms with E-state index in [4.69, 9.17) is 17.0 Å². The number of pyridine rings is 1. The lowest BCUT2D eigenvalue weighted by molar-refractivity contribution is -0.142. The van der Waals surface area contributed by atoms with Crippen LogP contribution in [0.25, 0.3) is 0 Å². The van der Waals surface area contributed by atoms with E-state index in [-0.39, 0.29) is 28.7 Å². The zero-order valence-electron chi connectivity index (χ0n) is 13.8. The van der Waals surface area contributed by atoms with Crippen LogP contribution in [-0.2, 0) is 25.4 Å². The fraction of sp³-hybridized carbons (Fsp3) is 0.429. The van der Waals surface area contributed by atoms with Crippen LogP contribution in [-0.4, -0.2) is 44.5 Å². The molecule has 0 aromatic carbocycles. The van der Waals surface area contributed by atoms with Gasteiger partial charge in [-0.05, 0) is 32.1 Å². The number of nitrogens with one attached hydrogen (secondary N) is 2. The minimum Gasteiger partial charge on any atom is -0.465 e. The van der Waals surface area contributed by atoms with Gasteiger partial charge < -0.3 is 10.1 Å². The van der Waals surface area contributed by atoms with Crippen molar-refractivity contribution < 1.29 is 26.9 Å². The summed E-state index contributed by atoms with van der Waals surface area (Å²) in [4.78, 5) is 14.8. The Labute approximate surface area is 149 Å². The van der Waals surface area contributed by atoms with Crippen LogP contribution in [0.15, 0.2) is 18.3 Å². The van der Waals surface area contributed by atoms with Crippen LogP contribution in [0.2, 0.25) is 0 Å². The number of halogens is 3. The number of carbonyl (C=O) groups excluding carboxylic acids is 1. The highest BCUT2D eigenvalue weighted by Gasteiger charge is 2.32. The largest absolute Gasteiger partial charge is 0.465 e. The van der Waals surface area contributed by atoms with Gasteiger partial charge in [0.2, 0.25) is 0 Å². The molecule has 0 bridgehead atoms. The zero-order valence-corrected chi connectivity index (χ0v) is 15.4. The van der Waals surface area contributed by atoms with Gasteiger partial charge in [-0.1, -0.05) is 6.07 Å². The van der Waals surface area contributed by atoms with Crippen LogP contribution in [0.4, 0.5) is 13.2 Å². The number of esters is 1. The highest BCUT2D eigenvalue weighted by Crippen LogP contribution is 2.27. The van der Waals surface area contributed by atoms with Crippen molar-refractivity contribution in [1.29, 1.82) is 0 Å². The highest BCUT2D eigenvalue weighted by molar-refractivity contribution is 8.01. The molecule has 25 heavy (non-hydrogen) atoms. The molecule has 1 aromatic rings. The summed E-state index contributed by atoms with van der Waals surface area (Å²) in [6.45, 7) is 3.17. The number of hydrogen-bond acceptors (Lipinski definition) is 5. The molecule has 1 atom stereocenters. The molecule has 0 aliphatic heterocycles. The van der Waals surface area contributed by atoms with Gasteiger partial charge in [0.05, 0.1) is 16.3 Å². The smallest absolute Gasteiger partial charge is 0.433 e. The van der Waals surface area contributed by atoms with Gasteiger partial charge in [0.15, 0.2) is 5.11 Å². The molecule has 1 unspecified atom stereocenters. The van der Waals surface area contributed by atoms with Crippen LogP contribution in [0.3, 0.4) is 0 Å². The van der Waals surface area contributed by atoms with Gasteiger partial charge in [0, 0.05) is 22.9 Å². The van der Waals surface area contributed by atoms with Crippen molar-refractivity contribution in [2.75, 3.05) is 19.4 Å². The molecule has 1 heterocycles. The lowest BCUT2D eigenvalue weighted by Gasteiger charge is -2.15. The van der Waals surface area contributed by atoms with Crippen molar-refractivity contribution in [1.82, 2.24) is 15.0 Å². The third kappa shape index (κ3) is 6.50. The Morgan fingerprint density at radius 3 is 2.52 bits per heavy atom. The van der Waals surface area contributed by atoms with Crippen LogP contribution in [0, 0.1) is 0 Å². The maximum absolute atomic E-state index is 12.7. The zero-order chi connectivity index (χ0) is 19.3. The number of ether oxygens (including phenoxy) is 1. The molecule has 2 N–H and O–H groups in total. The molecule has 0 aliphatic rings. The molecule has 11 heteroatoms. The second-order valence-electron chi connectivity index (χ2n) is 4.92. The van der Waals surface area contributed by atoms with Crippen molar-refractivity contribution in [3.8, 4) is 0 Å². The minimum atomic E-state index is -4.54. The third-order valence-electron chi connectivity index (χ3n) is 3.03. The van der Waals surface area contributed by atoms with E-state index in [1.165, 1.54) is 19.2 Å². The Morgan fingerprint density at radius 2 is 2.04 bits per heavy atom. The maximum atomic E-state index is 12.7. The predicted octanol–water partition coefficient (Wildman–Crippen LogP) is 1.50. The molecule has 1 rings (SSSR count). The number of aromatic nitrogens is 1. The Balaban J connectivity index is 2.88. The summed E-state index contributed by atoms with van der Waals surface area (Å²) in [7, 11) is -2.88. The van der Waals surface area contributed by atoms with Gasteiger partial charge in [-0.25, -0.2) is 4.21 Å². The van der Waals surface area contributed by atoms with Gasteiger partial charge in [0.1, 0.15) is 12.2 Å². The van der Waals surface area contributed by atoms with Crippen LogP contribution in [0.5, 0.6) is 0 Å². The van der Waals surface area contributed by atoms with Crippen molar-refractivity contribution in [3.05, 3.63) is 29.6 Å². The summed E-state index contributed by atoms with van der Waals surface area (Å²) in [6, 6.07) is 2.00. The van der Waals surface area contributed by atoms with Crippen LogP contribution < -0.4 is 10.0 Å². The molecule has 140 valence electrons. The van der Waals surface area contributed by atoms with Gasteiger partial charge in [0.25, 0.3) is 0 Å². The Hall–Kier alpha value is -1.88. The van der Waals surface area contributed by atoms with E-state index >= 15 is 0 Å². The molecule has 6 nitrogen and oxygen atoms in total. The molecule has 0 saturated carbocycles. The summed E-state index contributed by atoms with van der Waals surface area (Å²) >= 11 is 4.96. The number of alkyl halides is 3. The molecular formula is C14H18F3N3O3S2. The molecule has 1 aromatic heterocycles. The standard InChI is InChI=1S/C14H18F3N3O3S2/c1-4-23-12(21)8-19-13(24)20-25(3,22)9(2)10-5-6-11(18-7-10)14(15,16)17/h5-7H,4,8H2,1-3H3,(H2,19,20,22,24).